The molecule has 25 heavy (non-hydrogen) atoms. The summed E-state index contributed by atoms with van der Waals surface area (Å²) in [6.45, 7) is 7.73. The fourth-order valence-corrected chi connectivity index (χ4v) is 2.02. The molecule has 0 saturated heterocycles. The minimum Gasteiger partial charge on any atom is -0.462 e. The molecule has 0 atom stereocenters. The van der Waals surface area contributed by atoms with Crippen molar-refractivity contribution in [3.05, 3.63) is 47.8 Å². The molecule has 0 aliphatic heterocycles. The first kappa shape index (κ1) is 18.4. The average molecular weight is 342 g/mol. The summed E-state index contributed by atoms with van der Waals surface area (Å²) >= 11 is 0. The highest BCUT2D eigenvalue weighted by atomic mass is 16.5. The van der Waals surface area contributed by atoms with Gasteiger partial charge in [-0.15, -0.1) is 0 Å². The molecule has 0 fully saturated rings. The van der Waals surface area contributed by atoms with Crippen LogP contribution in [0.25, 0.3) is 0 Å². The number of nitrogens with one attached hydrogen (secondary N) is 2. The standard InChI is InChI=1S/C18H22N4O3/c1-5-25-16(24)13-8-6-7-9-14(13)21-17-19-10-12(11-20-17)15(23)22-18(2,3)4/h6-11H,5H2,1-4H3,(H,22,23)(H,19,20,21). The summed E-state index contributed by atoms with van der Waals surface area (Å²) in [5, 5.41) is 5.81. The number of anilines is 2. The molecule has 0 bridgehead atoms. The maximum absolute atomic E-state index is 12.1. The first-order valence-corrected chi connectivity index (χ1v) is 7.98. The van der Waals surface area contributed by atoms with Gasteiger partial charge in [-0.1, -0.05) is 12.1 Å². The van der Waals surface area contributed by atoms with E-state index in [0.717, 1.165) is 0 Å². The number of esters is 1. The largest absolute Gasteiger partial charge is 0.462 e. The van der Waals surface area contributed by atoms with E-state index >= 15 is 0 Å². The zero-order chi connectivity index (χ0) is 18.4. The van der Waals surface area contributed by atoms with Crippen LogP contribution in [0.3, 0.4) is 0 Å². The van der Waals surface area contributed by atoms with Gasteiger partial charge in [-0.2, -0.15) is 0 Å². The second-order valence-electron chi connectivity index (χ2n) is 6.39. The van der Waals surface area contributed by atoms with Crippen molar-refractivity contribution < 1.29 is 14.3 Å². The predicted octanol–water partition coefficient (Wildman–Crippen LogP) is 2.93. The van der Waals surface area contributed by atoms with Crippen LogP contribution in [0.15, 0.2) is 36.7 Å². The Morgan fingerprint density at radius 3 is 2.36 bits per heavy atom. The Kier molecular flexibility index (Phi) is 5.69. The fraction of sp³-hybridized carbons (Fsp3) is 0.333. The van der Waals surface area contributed by atoms with Gasteiger partial charge in [-0.25, -0.2) is 14.8 Å². The van der Waals surface area contributed by atoms with Crippen molar-refractivity contribution in [2.75, 3.05) is 11.9 Å². The monoisotopic (exact) mass is 342 g/mol. The molecule has 1 aromatic carbocycles. The van der Waals surface area contributed by atoms with Crippen molar-refractivity contribution in [3.8, 4) is 0 Å². The van der Waals surface area contributed by atoms with E-state index in [9.17, 15) is 9.59 Å². The van der Waals surface area contributed by atoms with E-state index in [1.165, 1.54) is 12.4 Å². The molecule has 0 radical (unpaired) electrons. The number of hydrogen-bond acceptors (Lipinski definition) is 6. The Bertz CT molecular complexity index is 752. The van der Waals surface area contributed by atoms with Gasteiger partial charge in [0.25, 0.3) is 5.91 Å². The van der Waals surface area contributed by atoms with Crippen molar-refractivity contribution in [2.45, 2.75) is 33.2 Å². The molecule has 7 nitrogen and oxygen atoms in total. The number of benzene rings is 1. The number of rotatable bonds is 5. The third-order valence-corrected chi connectivity index (χ3v) is 3.07. The molecular formula is C18H22N4O3. The highest BCUT2D eigenvalue weighted by Crippen LogP contribution is 2.19. The van der Waals surface area contributed by atoms with Crippen LogP contribution in [0.4, 0.5) is 11.6 Å². The normalized spacial score (nSPS) is 10.9. The first-order chi connectivity index (χ1) is 11.8. The van der Waals surface area contributed by atoms with Crippen LogP contribution in [-0.4, -0.2) is 34.0 Å². The summed E-state index contributed by atoms with van der Waals surface area (Å²) < 4.78 is 5.03. The summed E-state index contributed by atoms with van der Waals surface area (Å²) in [6.07, 6.45) is 2.87. The topological polar surface area (TPSA) is 93.2 Å². The van der Waals surface area contributed by atoms with Crippen LogP contribution < -0.4 is 10.6 Å². The molecule has 0 saturated carbocycles. The molecule has 7 heteroatoms. The number of carbonyl (C=O) groups is 2. The second-order valence-corrected chi connectivity index (χ2v) is 6.39. The second kappa shape index (κ2) is 7.74. The zero-order valence-corrected chi connectivity index (χ0v) is 14.8. The number of aromatic nitrogens is 2. The van der Waals surface area contributed by atoms with Crippen molar-refractivity contribution >= 4 is 23.5 Å². The summed E-state index contributed by atoms with van der Waals surface area (Å²) in [4.78, 5) is 32.3. The summed E-state index contributed by atoms with van der Waals surface area (Å²) in [5.74, 6) is -0.387. The number of carbonyl (C=O) groups excluding carboxylic acids is 2. The van der Waals surface area contributed by atoms with Crippen LogP contribution in [0.2, 0.25) is 0 Å². The maximum Gasteiger partial charge on any atom is 0.340 e. The molecule has 1 aromatic heterocycles. The molecular weight excluding hydrogens is 320 g/mol. The Morgan fingerprint density at radius 2 is 1.76 bits per heavy atom. The Hall–Kier alpha value is -2.96. The van der Waals surface area contributed by atoms with Crippen molar-refractivity contribution in [2.24, 2.45) is 0 Å². The lowest BCUT2D eigenvalue weighted by Crippen LogP contribution is -2.40. The summed E-state index contributed by atoms with van der Waals surface area (Å²) in [6, 6.07) is 6.93. The fourth-order valence-electron chi connectivity index (χ4n) is 2.02. The van der Waals surface area contributed by atoms with Crippen LogP contribution in [0.1, 0.15) is 48.4 Å². The third-order valence-electron chi connectivity index (χ3n) is 3.07. The van der Waals surface area contributed by atoms with Gasteiger partial charge in [0.05, 0.1) is 23.4 Å². The number of nitrogens with zero attached hydrogens (tertiary/aromatic N) is 2. The van der Waals surface area contributed by atoms with Gasteiger partial charge in [0.15, 0.2) is 0 Å². The van der Waals surface area contributed by atoms with Gasteiger partial charge in [0.1, 0.15) is 0 Å². The van der Waals surface area contributed by atoms with Crippen LogP contribution >= 0.6 is 0 Å². The van der Waals surface area contributed by atoms with Crippen LogP contribution in [0, 0.1) is 0 Å². The average Bonchev–Trinajstić information content (AvgIpc) is 2.54. The van der Waals surface area contributed by atoms with Crippen LogP contribution in [0.5, 0.6) is 0 Å². The molecule has 2 aromatic rings. The number of para-hydroxylation sites is 1. The minimum atomic E-state index is -0.424. The molecule has 132 valence electrons. The molecule has 2 rings (SSSR count). The van der Waals surface area contributed by atoms with E-state index in [2.05, 4.69) is 20.6 Å². The van der Waals surface area contributed by atoms with E-state index in [0.29, 0.717) is 23.4 Å². The number of hydrogen-bond donors (Lipinski definition) is 2. The minimum absolute atomic E-state index is 0.244. The lowest BCUT2D eigenvalue weighted by atomic mass is 10.1. The van der Waals surface area contributed by atoms with Crippen molar-refractivity contribution in [1.29, 1.82) is 0 Å². The Labute approximate surface area is 146 Å². The molecule has 1 amide bonds. The highest BCUT2D eigenvalue weighted by molar-refractivity contribution is 5.96. The van der Waals surface area contributed by atoms with Gasteiger partial charge < -0.3 is 15.4 Å². The first-order valence-electron chi connectivity index (χ1n) is 7.98. The number of ether oxygens (including phenoxy) is 1. The quantitative estimate of drug-likeness (QED) is 0.812. The summed E-state index contributed by atoms with van der Waals surface area (Å²) in [5.41, 5.74) is 0.946. The SMILES string of the molecule is CCOC(=O)c1ccccc1Nc1ncc(C(=O)NC(C)(C)C)cn1. The van der Waals surface area contributed by atoms with E-state index in [4.69, 9.17) is 4.74 Å². The van der Waals surface area contributed by atoms with E-state index in [-0.39, 0.29) is 17.4 Å². The summed E-state index contributed by atoms with van der Waals surface area (Å²) in [7, 11) is 0. The van der Waals surface area contributed by atoms with Gasteiger partial charge in [-0.05, 0) is 39.8 Å². The van der Waals surface area contributed by atoms with E-state index in [1.54, 1.807) is 31.2 Å². The zero-order valence-electron chi connectivity index (χ0n) is 14.8. The van der Waals surface area contributed by atoms with Gasteiger partial charge in [0.2, 0.25) is 5.95 Å². The molecule has 0 spiro atoms. The molecule has 1 heterocycles. The van der Waals surface area contributed by atoms with Crippen molar-refractivity contribution in [1.82, 2.24) is 15.3 Å². The van der Waals surface area contributed by atoms with Gasteiger partial charge in [-0.3, -0.25) is 4.79 Å². The maximum atomic E-state index is 12.1. The van der Waals surface area contributed by atoms with E-state index in [1.807, 2.05) is 20.8 Å². The smallest absolute Gasteiger partial charge is 0.340 e. The third kappa shape index (κ3) is 5.27. The molecule has 0 unspecified atom stereocenters. The van der Waals surface area contributed by atoms with Crippen LogP contribution in [-0.2, 0) is 4.74 Å². The van der Waals surface area contributed by atoms with Gasteiger partial charge in [0, 0.05) is 17.9 Å². The highest BCUT2D eigenvalue weighted by Gasteiger charge is 2.16. The Morgan fingerprint density at radius 1 is 1.12 bits per heavy atom. The van der Waals surface area contributed by atoms with Crippen molar-refractivity contribution in [3.63, 3.8) is 0 Å². The number of amides is 1. The molecule has 0 aliphatic carbocycles. The lowest BCUT2D eigenvalue weighted by molar-refractivity contribution is 0.0527. The predicted molar refractivity (Wildman–Crippen MR) is 94.9 cm³/mol. The van der Waals surface area contributed by atoms with Gasteiger partial charge >= 0.3 is 5.97 Å². The molecule has 0 aliphatic rings. The Balaban J connectivity index is 2.15. The lowest BCUT2D eigenvalue weighted by Gasteiger charge is -2.20. The molecule has 2 N–H and O–H groups in total. The van der Waals surface area contributed by atoms with E-state index < -0.39 is 5.97 Å².